The number of rotatable bonds is 7. The van der Waals surface area contributed by atoms with Crippen molar-refractivity contribution in [1.82, 2.24) is 20.4 Å². The highest BCUT2D eigenvalue weighted by atomic mass is 16.5. The monoisotopic (exact) mass is 370 g/mol. The minimum Gasteiger partial charge on any atom is -0.496 e. The SMILES string of the molecule is COc1ccccc1C(CC(C)C)NC(=O)c1ccn(C2CCCNC2)n1. The highest BCUT2D eigenvalue weighted by Crippen LogP contribution is 2.29. The van der Waals surface area contributed by atoms with Gasteiger partial charge in [0.15, 0.2) is 0 Å². The van der Waals surface area contributed by atoms with Gasteiger partial charge >= 0.3 is 0 Å². The van der Waals surface area contributed by atoms with Crippen molar-refractivity contribution >= 4 is 5.91 Å². The van der Waals surface area contributed by atoms with Crippen molar-refractivity contribution in [3.8, 4) is 5.75 Å². The standard InChI is InChI=1S/C21H30N4O2/c1-15(2)13-19(17-8-4-5-9-20(17)27-3)23-21(26)18-10-12-25(24-18)16-7-6-11-22-14-16/h4-5,8-10,12,15-16,19,22H,6-7,11,13-14H2,1-3H3,(H,23,26). The van der Waals surface area contributed by atoms with Crippen molar-refractivity contribution in [2.24, 2.45) is 5.92 Å². The summed E-state index contributed by atoms with van der Waals surface area (Å²) in [6, 6.07) is 9.87. The van der Waals surface area contributed by atoms with E-state index in [4.69, 9.17) is 4.74 Å². The lowest BCUT2D eigenvalue weighted by Crippen LogP contribution is -2.33. The number of piperidine rings is 1. The lowest BCUT2D eigenvalue weighted by Gasteiger charge is -2.23. The summed E-state index contributed by atoms with van der Waals surface area (Å²) in [5.74, 6) is 1.09. The molecule has 27 heavy (non-hydrogen) atoms. The van der Waals surface area contributed by atoms with Gasteiger partial charge in [0.2, 0.25) is 0 Å². The van der Waals surface area contributed by atoms with Crippen molar-refractivity contribution < 1.29 is 9.53 Å². The summed E-state index contributed by atoms with van der Waals surface area (Å²) < 4.78 is 7.42. The quantitative estimate of drug-likeness (QED) is 0.784. The van der Waals surface area contributed by atoms with Crippen LogP contribution in [-0.4, -0.2) is 35.9 Å². The van der Waals surface area contributed by atoms with Gasteiger partial charge in [-0.05, 0) is 43.9 Å². The molecule has 1 aliphatic rings. The Bertz CT molecular complexity index is 750. The van der Waals surface area contributed by atoms with Crippen LogP contribution in [0.3, 0.4) is 0 Å². The molecule has 1 aromatic heterocycles. The van der Waals surface area contributed by atoms with Gasteiger partial charge in [-0.25, -0.2) is 0 Å². The second-order valence-electron chi connectivity index (χ2n) is 7.58. The summed E-state index contributed by atoms with van der Waals surface area (Å²) in [5, 5.41) is 11.1. The molecule has 1 amide bonds. The molecule has 2 aromatic rings. The number of aromatic nitrogens is 2. The van der Waals surface area contributed by atoms with Crippen LogP contribution in [0, 0.1) is 5.92 Å². The minimum absolute atomic E-state index is 0.116. The maximum atomic E-state index is 12.9. The first-order valence-electron chi connectivity index (χ1n) is 9.78. The lowest BCUT2D eigenvalue weighted by atomic mass is 9.96. The van der Waals surface area contributed by atoms with E-state index in [1.807, 2.05) is 35.1 Å². The van der Waals surface area contributed by atoms with Crippen LogP contribution in [0.1, 0.15) is 61.2 Å². The topological polar surface area (TPSA) is 68.2 Å². The van der Waals surface area contributed by atoms with E-state index in [0.29, 0.717) is 17.7 Å². The van der Waals surface area contributed by atoms with Crippen LogP contribution < -0.4 is 15.4 Å². The van der Waals surface area contributed by atoms with Gasteiger partial charge in [-0.1, -0.05) is 32.0 Å². The van der Waals surface area contributed by atoms with Crippen LogP contribution in [0.15, 0.2) is 36.5 Å². The highest BCUT2D eigenvalue weighted by molar-refractivity contribution is 5.92. The Morgan fingerprint density at radius 3 is 2.89 bits per heavy atom. The van der Waals surface area contributed by atoms with Crippen molar-refractivity contribution in [1.29, 1.82) is 0 Å². The van der Waals surface area contributed by atoms with Crippen molar-refractivity contribution in [3.63, 3.8) is 0 Å². The molecule has 6 heteroatoms. The van der Waals surface area contributed by atoms with Gasteiger partial charge in [-0.15, -0.1) is 0 Å². The summed E-state index contributed by atoms with van der Waals surface area (Å²) in [6.45, 7) is 6.26. The average molecular weight is 370 g/mol. The van der Waals surface area contributed by atoms with Crippen molar-refractivity contribution in [2.45, 2.75) is 45.2 Å². The summed E-state index contributed by atoms with van der Waals surface area (Å²) in [5.41, 5.74) is 1.46. The Morgan fingerprint density at radius 2 is 2.19 bits per heavy atom. The van der Waals surface area contributed by atoms with E-state index in [9.17, 15) is 4.79 Å². The highest BCUT2D eigenvalue weighted by Gasteiger charge is 2.22. The molecule has 2 N–H and O–H groups in total. The molecule has 0 aliphatic carbocycles. The third-order valence-corrected chi connectivity index (χ3v) is 5.01. The van der Waals surface area contributed by atoms with E-state index in [1.165, 1.54) is 0 Å². The average Bonchev–Trinajstić information content (AvgIpc) is 3.18. The number of nitrogens with zero attached hydrogens (tertiary/aromatic N) is 2. The van der Waals surface area contributed by atoms with Crippen LogP contribution in [-0.2, 0) is 0 Å². The Labute approximate surface area is 161 Å². The number of benzene rings is 1. The molecule has 6 nitrogen and oxygen atoms in total. The van der Waals surface area contributed by atoms with Gasteiger partial charge < -0.3 is 15.4 Å². The zero-order valence-corrected chi connectivity index (χ0v) is 16.4. The molecule has 1 aromatic carbocycles. The third kappa shape index (κ3) is 4.89. The maximum absolute atomic E-state index is 12.9. The summed E-state index contributed by atoms with van der Waals surface area (Å²) >= 11 is 0. The normalized spacial score (nSPS) is 18.3. The van der Waals surface area contributed by atoms with E-state index in [1.54, 1.807) is 13.2 Å². The zero-order chi connectivity index (χ0) is 19.2. The molecule has 1 saturated heterocycles. The first kappa shape index (κ1) is 19.4. The molecule has 1 fully saturated rings. The number of amides is 1. The van der Waals surface area contributed by atoms with E-state index < -0.39 is 0 Å². The molecule has 2 atom stereocenters. The first-order chi connectivity index (χ1) is 13.1. The fourth-order valence-corrected chi connectivity index (χ4v) is 3.64. The van der Waals surface area contributed by atoms with E-state index in [-0.39, 0.29) is 11.9 Å². The Balaban J connectivity index is 1.75. The van der Waals surface area contributed by atoms with Crippen LogP contribution >= 0.6 is 0 Å². The van der Waals surface area contributed by atoms with Gasteiger partial charge in [-0.3, -0.25) is 9.48 Å². The summed E-state index contributed by atoms with van der Waals surface area (Å²) in [4.78, 5) is 12.9. The van der Waals surface area contributed by atoms with E-state index in [0.717, 1.165) is 43.7 Å². The zero-order valence-electron chi connectivity index (χ0n) is 16.4. The lowest BCUT2D eigenvalue weighted by molar-refractivity contribution is 0.0925. The molecule has 0 spiro atoms. The fraction of sp³-hybridized carbons (Fsp3) is 0.524. The fourth-order valence-electron chi connectivity index (χ4n) is 3.64. The number of methoxy groups -OCH3 is 1. The van der Waals surface area contributed by atoms with Crippen LogP contribution in [0.5, 0.6) is 5.75 Å². The number of carbonyl (C=O) groups is 1. The minimum atomic E-state index is -0.144. The first-order valence-corrected chi connectivity index (χ1v) is 9.78. The molecule has 0 bridgehead atoms. The number of hydrogen-bond donors (Lipinski definition) is 2. The molecule has 2 unspecified atom stereocenters. The summed E-state index contributed by atoms with van der Waals surface area (Å²) in [6.07, 6.45) is 4.97. The maximum Gasteiger partial charge on any atom is 0.272 e. The molecular weight excluding hydrogens is 340 g/mol. The Kier molecular flexibility index (Phi) is 6.50. The number of para-hydroxylation sites is 1. The van der Waals surface area contributed by atoms with Crippen LogP contribution in [0.25, 0.3) is 0 Å². The molecule has 2 heterocycles. The Hall–Kier alpha value is -2.34. The van der Waals surface area contributed by atoms with Gasteiger partial charge in [0, 0.05) is 18.3 Å². The van der Waals surface area contributed by atoms with Crippen molar-refractivity contribution in [2.75, 3.05) is 20.2 Å². The number of carbonyl (C=O) groups excluding carboxylic acids is 1. The molecule has 3 rings (SSSR count). The van der Waals surface area contributed by atoms with E-state index in [2.05, 4.69) is 29.6 Å². The molecule has 146 valence electrons. The second-order valence-corrected chi connectivity index (χ2v) is 7.58. The summed E-state index contributed by atoms with van der Waals surface area (Å²) in [7, 11) is 1.66. The predicted octanol–water partition coefficient (Wildman–Crippen LogP) is 3.33. The Morgan fingerprint density at radius 1 is 1.37 bits per heavy atom. The molecular formula is C21H30N4O2. The smallest absolute Gasteiger partial charge is 0.272 e. The molecule has 1 aliphatic heterocycles. The van der Waals surface area contributed by atoms with E-state index >= 15 is 0 Å². The van der Waals surface area contributed by atoms with Crippen LogP contribution in [0.2, 0.25) is 0 Å². The van der Waals surface area contributed by atoms with Gasteiger partial charge in [0.1, 0.15) is 11.4 Å². The van der Waals surface area contributed by atoms with Crippen LogP contribution in [0.4, 0.5) is 0 Å². The second kappa shape index (κ2) is 9.04. The van der Waals surface area contributed by atoms with Crippen molar-refractivity contribution in [3.05, 3.63) is 47.8 Å². The number of ether oxygens (including phenoxy) is 1. The largest absolute Gasteiger partial charge is 0.496 e. The predicted molar refractivity (Wildman–Crippen MR) is 106 cm³/mol. The molecule has 0 saturated carbocycles. The molecule has 0 radical (unpaired) electrons. The van der Waals surface area contributed by atoms with Gasteiger partial charge in [0.25, 0.3) is 5.91 Å². The number of hydrogen-bond acceptors (Lipinski definition) is 4. The van der Waals surface area contributed by atoms with Gasteiger partial charge in [-0.2, -0.15) is 5.10 Å². The number of nitrogens with one attached hydrogen (secondary N) is 2. The third-order valence-electron chi connectivity index (χ3n) is 5.01. The van der Waals surface area contributed by atoms with Gasteiger partial charge in [0.05, 0.1) is 19.2 Å².